The summed E-state index contributed by atoms with van der Waals surface area (Å²) in [5.41, 5.74) is 7.40. The van der Waals surface area contributed by atoms with E-state index in [0.717, 1.165) is 11.1 Å². The molecule has 0 aliphatic carbocycles. The van der Waals surface area contributed by atoms with Gasteiger partial charge in [-0.1, -0.05) is 24.3 Å². The molecule has 1 aromatic carbocycles. The van der Waals surface area contributed by atoms with Gasteiger partial charge in [-0.15, -0.1) is 0 Å². The Morgan fingerprint density at radius 2 is 2.00 bits per heavy atom. The fourth-order valence-corrected chi connectivity index (χ4v) is 3.07. The van der Waals surface area contributed by atoms with Gasteiger partial charge in [-0.3, -0.25) is 0 Å². The van der Waals surface area contributed by atoms with Gasteiger partial charge >= 0.3 is 0 Å². The molecule has 1 aromatic rings. The van der Waals surface area contributed by atoms with Gasteiger partial charge in [-0.05, 0) is 37.9 Å². The summed E-state index contributed by atoms with van der Waals surface area (Å²) in [5, 5.41) is 0. The maximum absolute atomic E-state index is 11.7. The molecule has 0 spiro atoms. The Hall–Kier alpha value is -0.910. The Bertz CT molecular complexity index is 457. The number of sulfonamides is 1. The summed E-state index contributed by atoms with van der Waals surface area (Å²) in [6.07, 6.45) is 0.482. The quantitative estimate of drug-likeness (QED) is 0.806. The van der Waals surface area contributed by atoms with E-state index >= 15 is 0 Å². The maximum atomic E-state index is 11.7. The van der Waals surface area contributed by atoms with Gasteiger partial charge in [-0.2, -0.15) is 0 Å². The van der Waals surface area contributed by atoms with Gasteiger partial charge in [0.15, 0.2) is 0 Å². The van der Waals surface area contributed by atoms with Crippen molar-refractivity contribution in [2.45, 2.75) is 26.3 Å². The highest BCUT2D eigenvalue weighted by molar-refractivity contribution is 7.89. The predicted molar refractivity (Wildman–Crippen MR) is 70.2 cm³/mol. The fourth-order valence-electron chi connectivity index (χ4n) is 1.74. The molecule has 0 aromatic heterocycles. The van der Waals surface area contributed by atoms with Crippen molar-refractivity contribution in [3.63, 3.8) is 0 Å². The van der Waals surface area contributed by atoms with Crippen molar-refractivity contribution >= 4 is 10.0 Å². The van der Waals surface area contributed by atoms with Gasteiger partial charge in [0.05, 0.1) is 5.75 Å². The van der Waals surface area contributed by atoms with Crippen LogP contribution in [0.4, 0.5) is 0 Å². The van der Waals surface area contributed by atoms with Crippen molar-refractivity contribution in [1.82, 2.24) is 4.72 Å². The molecule has 0 aliphatic heterocycles. The average molecular weight is 256 g/mol. The summed E-state index contributed by atoms with van der Waals surface area (Å²) in [6.45, 7) is 4.21. The topological polar surface area (TPSA) is 72.2 Å². The largest absolute Gasteiger partial charge is 0.330 e. The number of benzene rings is 1. The van der Waals surface area contributed by atoms with Crippen LogP contribution in [0.2, 0.25) is 0 Å². The van der Waals surface area contributed by atoms with Gasteiger partial charge in [-0.25, -0.2) is 13.1 Å². The SMILES string of the molecule is Cc1ccccc1C(C)NS(=O)(=O)CCCN. The molecule has 0 aliphatic rings. The van der Waals surface area contributed by atoms with E-state index in [9.17, 15) is 8.42 Å². The Morgan fingerprint density at radius 3 is 2.59 bits per heavy atom. The zero-order chi connectivity index (χ0) is 12.9. The third-order valence-corrected chi connectivity index (χ3v) is 4.17. The fraction of sp³-hybridized carbons (Fsp3) is 0.500. The number of rotatable bonds is 6. The summed E-state index contributed by atoms with van der Waals surface area (Å²) < 4.78 is 26.1. The molecule has 4 nitrogen and oxygen atoms in total. The lowest BCUT2D eigenvalue weighted by molar-refractivity contribution is 0.564. The van der Waals surface area contributed by atoms with Crippen LogP contribution in [-0.2, 0) is 10.0 Å². The summed E-state index contributed by atoms with van der Waals surface area (Å²) in [6, 6.07) is 7.55. The highest BCUT2D eigenvalue weighted by Gasteiger charge is 2.16. The third-order valence-electron chi connectivity index (χ3n) is 2.63. The van der Waals surface area contributed by atoms with E-state index in [1.54, 1.807) is 0 Å². The van der Waals surface area contributed by atoms with Gasteiger partial charge in [0.2, 0.25) is 10.0 Å². The lowest BCUT2D eigenvalue weighted by Crippen LogP contribution is -2.30. The number of nitrogens with one attached hydrogen (secondary N) is 1. The smallest absolute Gasteiger partial charge is 0.212 e. The molecule has 0 fully saturated rings. The van der Waals surface area contributed by atoms with Crippen LogP contribution in [0.25, 0.3) is 0 Å². The monoisotopic (exact) mass is 256 g/mol. The zero-order valence-electron chi connectivity index (χ0n) is 10.3. The molecule has 0 bridgehead atoms. The minimum atomic E-state index is -3.24. The van der Waals surface area contributed by atoms with Crippen LogP contribution in [0.3, 0.4) is 0 Å². The second kappa shape index (κ2) is 6.14. The van der Waals surface area contributed by atoms with E-state index in [2.05, 4.69) is 4.72 Å². The molecule has 5 heteroatoms. The summed E-state index contributed by atoms with van der Waals surface area (Å²) in [7, 11) is -3.24. The van der Waals surface area contributed by atoms with E-state index in [0.29, 0.717) is 13.0 Å². The van der Waals surface area contributed by atoms with Crippen molar-refractivity contribution in [2.24, 2.45) is 5.73 Å². The second-order valence-corrected chi connectivity index (χ2v) is 6.03. The molecule has 0 heterocycles. The van der Waals surface area contributed by atoms with E-state index < -0.39 is 10.0 Å². The van der Waals surface area contributed by atoms with Gasteiger partial charge in [0, 0.05) is 6.04 Å². The molecule has 0 amide bonds. The molecule has 3 N–H and O–H groups in total. The molecular formula is C12H20N2O2S. The van der Waals surface area contributed by atoms with Crippen LogP contribution >= 0.6 is 0 Å². The summed E-state index contributed by atoms with van der Waals surface area (Å²) >= 11 is 0. The van der Waals surface area contributed by atoms with E-state index in [1.165, 1.54) is 0 Å². The number of nitrogens with two attached hydrogens (primary N) is 1. The average Bonchev–Trinajstić information content (AvgIpc) is 2.26. The first-order valence-corrected chi connectivity index (χ1v) is 7.37. The molecule has 96 valence electrons. The molecule has 17 heavy (non-hydrogen) atoms. The number of hydrogen-bond donors (Lipinski definition) is 2. The molecule has 1 rings (SSSR count). The lowest BCUT2D eigenvalue weighted by Gasteiger charge is -2.16. The minimum absolute atomic E-state index is 0.0831. The van der Waals surface area contributed by atoms with Crippen molar-refractivity contribution < 1.29 is 8.42 Å². The van der Waals surface area contributed by atoms with Crippen molar-refractivity contribution in [3.05, 3.63) is 35.4 Å². The zero-order valence-corrected chi connectivity index (χ0v) is 11.1. The van der Waals surface area contributed by atoms with Crippen LogP contribution in [0.1, 0.15) is 30.5 Å². The molecule has 0 radical (unpaired) electrons. The standard InChI is InChI=1S/C12H20N2O2S/c1-10-6-3-4-7-12(10)11(2)14-17(15,16)9-5-8-13/h3-4,6-7,11,14H,5,8-9,13H2,1-2H3. The first kappa shape index (κ1) is 14.2. The van der Waals surface area contributed by atoms with E-state index in [1.807, 2.05) is 38.1 Å². The first-order chi connectivity index (χ1) is 7.96. The highest BCUT2D eigenvalue weighted by Crippen LogP contribution is 2.17. The van der Waals surface area contributed by atoms with Crippen LogP contribution in [-0.4, -0.2) is 20.7 Å². The molecule has 0 saturated heterocycles. The van der Waals surface area contributed by atoms with Crippen LogP contribution in [0.5, 0.6) is 0 Å². The molecule has 1 unspecified atom stereocenters. The van der Waals surface area contributed by atoms with Crippen LogP contribution < -0.4 is 10.5 Å². The maximum Gasteiger partial charge on any atom is 0.212 e. The van der Waals surface area contributed by atoms with E-state index in [-0.39, 0.29) is 11.8 Å². The Kier molecular flexibility index (Phi) is 5.11. The van der Waals surface area contributed by atoms with E-state index in [4.69, 9.17) is 5.73 Å². The Labute approximate surface area is 103 Å². The van der Waals surface area contributed by atoms with Crippen molar-refractivity contribution in [2.75, 3.05) is 12.3 Å². The number of aryl methyl sites for hydroxylation is 1. The summed E-state index contributed by atoms with van der Waals surface area (Å²) in [5.74, 6) is 0.0831. The molecular weight excluding hydrogens is 236 g/mol. The number of hydrogen-bond acceptors (Lipinski definition) is 3. The molecule has 1 atom stereocenters. The third kappa shape index (κ3) is 4.46. The minimum Gasteiger partial charge on any atom is -0.330 e. The summed E-state index contributed by atoms with van der Waals surface area (Å²) in [4.78, 5) is 0. The predicted octanol–water partition coefficient (Wildman–Crippen LogP) is 1.32. The normalized spacial score (nSPS) is 13.6. The van der Waals surface area contributed by atoms with Crippen LogP contribution in [0, 0.1) is 6.92 Å². The Morgan fingerprint density at radius 1 is 1.35 bits per heavy atom. The van der Waals surface area contributed by atoms with Crippen molar-refractivity contribution in [3.8, 4) is 0 Å². The highest BCUT2D eigenvalue weighted by atomic mass is 32.2. The first-order valence-electron chi connectivity index (χ1n) is 5.72. The van der Waals surface area contributed by atoms with Gasteiger partial charge in [0.25, 0.3) is 0 Å². The van der Waals surface area contributed by atoms with Crippen LogP contribution in [0.15, 0.2) is 24.3 Å². The second-order valence-electron chi connectivity index (χ2n) is 4.16. The lowest BCUT2D eigenvalue weighted by atomic mass is 10.0. The van der Waals surface area contributed by atoms with Crippen molar-refractivity contribution in [1.29, 1.82) is 0 Å². The molecule has 0 saturated carbocycles. The van der Waals surface area contributed by atoms with Gasteiger partial charge < -0.3 is 5.73 Å². The Balaban J connectivity index is 2.73. The van der Waals surface area contributed by atoms with Gasteiger partial charge in [0.1, 0.15) is 0 Å².